The first kappa shape index (κ1) is 10.9. The molecule has 3 heteroatoms. The minimum absolute atomic E-state index is 0.409. The second-order valence-electron chi connectivity index (χ2n) is 4.00. The Morgan fingerprint density at radius 1 is 1.19 bits per heavy atom. The Balaban J connectivity index is 2.05. The van der Waals surface area contributed by atoms with Gasteiger partial charge in [0, 0.05) is 19.0 Å². The van der Waals surface area contributed by atoms with Crippen LogP contribution < -0.4 is 0 Å². The normalized spacial score (nSPS) is 12.6. The van der Waals surface area contributed by atoms with Crippen LogP contribution in [-0.4, -0.2) is 10.2 Å². The van der Waals surface area contributed by atoms with E-state index in [9.17, 15) is 0 Å². The third-order valence-corrected chi connectivity index (χ3v) is 2.75. The van der Waals surface area contributed by atoms with Crippen molar-refractivity contribution < 1.29 is 4.42 Å². The van der Waals surface area contributed by atoms with E-state index in [0.29, 0.717) is 5.92 Å². The third-order valence-electron chi connectivity index (χ3n) is 2.75. The zero-order valence-corrected chi connectivity index (χ0v) is 9.68. The largest absolute Gasteiger partial charge is 0.466 e. The van der Waals surface area contributed by atoms with E-state index in [4.69, 9.17) is 4.42 Å². The van der Waals surface area contributed by atoms with Crippen molar-refractivity contribution in [3.63, 3.8) is 0 Å². The quantitative estimate of drug-likeness (QED) is 0.788. The number of hydrogen-bond acceptors (Lipinski definition) is 3. The molecule has 2 aromatic rings. The molecule has 0 saturated heterocycles. The smallest absolute Gasteiger partial charge is 0.104 e. The van der Waals surface area contributed by atoms with Crippen molar-refractivity contribution in [3.05, 3.63) is 47.7 Å². The Labute approximate surface area is 95.5 Å². The average Bonchev–Trinajstić information content (AvgIpc) is 2.78. The Kier molecular flexibility index (Phi) is 3.34. The molecule has 0 fully saturated rings. The molecular weight excluding hydrogens is 200 g/mol. The topological polar surface area (TPSA) is 38.9 Å². The zero-order chi connectivity index (χ0) is 11.4. The lowest BCUT2D eigenvalue weighted by Crippen LogP contribution is -1.98. The SMILES string of the molecule is CCc1ccc(CC(C)c2ccnnc2)o1. The Morgan fingerprint density at radius 3 is 2.62 bits per heavy atom. The van der Waals surface area contributed by atoms with Crippen LogP contribution in [0.4, 0.5) is 0 Å². The standard InChI is InChI=1S/C13H16N2O/c1-3-12-4-5-13(16-12)8-10(2)11-6-7-14-15-9-11/h4-7,9-10H,3,8H2,1-2H3. The molecular formula is C13H16N2O. The van der Waals surface area contributed by atoms with Crippen molar-refractivity contribution in [1.82, 2.24) is 10.2 Å². The fraction of sp³-hybridized carbons (Fsp3) is 0.385. The minimum Gasteiger partial charge on any atom is -0.466 e. The second kappa shape index (κ2) is 4.92. The summed E-state index contributed by atoms with van der Waals surface area (Å²) in [4.78, 5) is 0. The minimum atomic E-state index is 0.409. The van der Waals surface area contributed by atoms with Crippen molar-refractivity contribution in [2.24, 2.45) is 0 Å². The van der Waals surface area contributed by atoms with Gasteiger partial charge in [0.15, 0.2) is 0 Å². The van der Waals surface area contributed by atoms with Crippen molar-refractivity contribution in [2.45, 2.75) is 32.6 Å². The molecule has 0 aromatic carbocycles. The van der Waals surface area contributed by atoms with E-state index < -0.39 is 0 Å². The number of aromatic nitrogens is 2. The molecule has 0 aliphatic rings. The molecule has 1 unspecified atom stereocenters. The van der Waals surface area contributed by atoms with Crippen molar-refractivity contribution in [1.29, 1.82) is 0 Å². The van der Waals surface area contributed by atoms with Crippen LogP contribution in [0.2, 0.25) is 0 Å². The molecule has 0 radical (unpaired) electrons. The highest BCUT2D eigenvalue weighted by Gasteiger charge is 2.09. The van der Waals surface area contributed by atoms with Gasteiger partial charge in [-0.05, 0) is 29.7 Å². The van der Waals surface area contributed by atoms with Gasteiger partial charge in [-0.3, -0.25) is 0 Å². The monoisotopic (exact) mass is 216 g/mol. The Morgan fingerprint density at radius 2 is 2.00 bits per heavy atom. The summed E-state index contributed by atoms with van der Waals surface area (Å²) in [5.74, 6) is 2.50. The lowest BCUT2D eigenvalue weighted by molar-refractivity contribution is 0.457. The van der Waals surface area contributed by atoms with E-state index in [2.05, 4.69) is 30.1 Å². The molecule has 0 spiro atoms. The van der Waals surface area contributed by atoms with Gasteiger partial charge < -0.3 is 4.42 Å². The van der Waals surface area contributed by atoms with Crippen molar-refractivity contribution in [2.75, 3.05) is 0 Å². The second-order valence-corrected chi connectivity index (χ2v) is 4.00. The number of hydrogen-bond donors (Lipinski definition) is 0. The van der Waals surface area contributed by atoms with Crippen LogP contribution in [0.25, 0.3) is 0 Å². The van der Waals surface area contributed by atoms with Gasteiger partial charge in [-0.25, -0.2) is 0 Å². The maximum Gasteiger partial charge on any atom is 0.104 e. The van der Waals surface area contributed by atoms with Gasteiger partial charge >= 0.3 is 0 Å². The molecule has 0 aliphatic carbocycles. The fourth-order valence-electron chi connectivity index (χ4n) is 1.73. The summed E-state index contributed by atoms with van der Waals surface area (Å²) in [5.41, 5.74) is 1.20. The molecule has 0 saturated carbocycles. The molecule has 0 bridgehead atoms. The summed E-state index contributed by atoms with van der Waals surface area (Å²) >= 11 is 0. The van der Waals surface area contributed by atoms with Crippen LogP contribution in [0.3, 0.4) is 0 Å². The summed E-state index contributed by atoms with van der Waals surface area (Å²) in [7, 11) is 0. The maximum absolute atomic E-state index is 5.69. The Bertz CT molecular complexity index is 436. The number of aryl methyl sites for hydroxylation is 1. The number of nitrogens with zero attached hydrogens (tertiary/aromatic N) is 2. The van der Waals surface area contributed by atoms with Crippen molar-refractivity contribution in [3.8, 4) is 0 Å². The van der Waals surface area contributed by atoms with Crippen molar-refractivity contribution >= 4 is 0 Å². The summed E-state index contributed by atoms with van der Waals surface area (Å²) in [6.45, 7) is 4.27. The number of rotatable bonds is 4. The third kappa shape index (κ3) is 2.48. The van der Waals surface area contributed by atoms with E-state index >= 15 is 0 Å². The molecule has 0 aliphatic heterocycles. The summed E-state index contributed by atoms with van der Waals surface area (Å²) in [5, 5.41) is 7.67. The van der Waals surface area contributed by atoms with Gasteiger partial charge in [-0.1, -0.05) is 13.8 Å². The molecule has 1 atom stereocenters. The molecule has 84 valence electrons. The summed E-state index contributed by atoms with van der Waals surface area (Å²) < 4.78 is 5.69. The predicted octanol–water partition coefficient (Wildman–Crippen LogP) is 2.98. The van der Waals surface area contributed by atoms with Gasteiger partial charge in [-0.15, -0.1) is 0 Å². The molecule has 2 aromatic heterocycles. The van der Waals surface area contributed by atoms with Crippen LogP contribution in [0, 0.1) is 0 Å². The first-order valence-electron chi connectivity index (χ1n) is 5.63. The molecule has 2 heterocycles. The van der Waals surface area contributed by atoms with Gasteiger partial charge in [-0.2, -0.15) is 10.2 Å². The lowest BCUT2D eigenvalue weighted by Gasteiger charge is -2.08. The van der Waals surface area contributed by atoms with E-state index in [0.717, 1.165) is 24.4 Å². The molecule has 0 amide bonds. The highest BCUT2D eigenvalue weighted by atomic mass is 16.3. The number of furan rings is 1. The Hall–Kier alpha value is -1.64. The maximum atomic E-state index is 5.69. The average molecular weight is 216 g/mol. The molecule has 0 N–H and O–H groups in total. The lowest BCUT2D eigenvalue weighted by atomic mass is 9.99. The van der Waals surface area contributed by atoms with E-state index in [1.165, 1.54) is 5.56 Å². The first-order chi connectivity index (χ1) is 7.79. The summed E-state index contributed by atoms with van der Waals surface area (Å²) in [6.07, 6.45) is 5.40. The van der Waals surface area contributed by atoms with Crippen LogP contribution in [0.1, 0.15) is 36.8 Å². The first-order valence-corrected chi connectivity index (χ1v) is 5.63. The van der Waals surface area contributed by atoms with Gasteiger partial charge in [0.2, 0.25) is 0 Å². The van der Waals surface area contributed by atoms with Crippen LogP contribution in [-0.2, 0) is 12.8 Å². The highest BCUT2D eigenvalue weighted by molar-refractivity contribution is 5.16. The molecule has 2 rings (SSSR count). The van der Waals surface area contributed by atoms with Gasteiger partial charge in [0.1, 0.15) is 11.5 Å². The highest BCUT2D eigenvalue weighted by Crippen LogP contribution is 2.20. The molecule has 16 heavy (non-hydrogen) atoms. The molecule has 3 nitrogen and oxygen atoms in total. The predicted molar refractivity (Wildman–Crippen MR) is 62.2 cm³/mol. The van der Waals surface area contributed by atoms with E-state index in [-0.39, 0.29) is 0 Å². The fourth-order valence-corrected chi connectivity index (χ4v) is 1.73. The summed E-state index contributed by atoms with van der Waals surface area (Å²) in [6, 6.07) is 6.11. The van der Waals surface area contributed by atoms with E-state index in [1.54, 1.807) is 6.20 Å². The van der Waals surface area contributed by atoms with Crippen LogP contribution in [0.15, 0.2) is 35.0 Å². The zero-order valence-electron chi connectivity index (χ0n) is 9.68. The van der Waals surface area contributed by atoms with Gasteiger partial charge in [0.05, 0.1) is 6.20 Å². The van der Waals surface area contributed by atoms with E-state index in [1.807, 2.05) is 18.3 Å². The van der Waals surface area contributed by atoms with Crippen LogP contribution >= 0.6 is 0 Å². The van der Waals surface area contributed by atoms with Gasteiger partial charge in [0.25, 0.3) is 0 Å². The van der Waals surface area contributed by atoms with Crippen LogP contribution in [0.5, 0.6) is 0 Å².